The molecule has 0 aliphatic carbocycles. The molecule has 0 fully saturated rings. The van der Waals surface area contributed by atoms with Gasteiger partial charge >= 0.3 is 6.01 Å². The quantitative estimate of drug-likeness (QED) is 0.586. The van der Waals surface area contributed by atoms with E-state index in [4.69, 9.17) is 16.0 Å². The van der Waals surface area contributed by atoms with Crippen LogP contribution in [0.25, 0.3) is 17.5 Å². The third-order valence-corrected chi connectivity index (χ3v) is 6.54. The number of nitrogens with one attached hydrogen (secondary N) is 1. The maximum absolute atomic E-state index is 12.2. The number of sulfone groups is 1. The lowest BCUT2D eigenvalue weighted by atomic mass is 10.2. The Hall–Kier alpha value is -2.97. The van der Waals surface area contributed by atoms with Gasteiger partial charge in [-0.3, -0.25) is 10.1 Å². The number of benzene rings is 2. The fraction of sp³-hybridized carbons (Fsp3) is 0.150. The standard InChI is InChI=1S/C20H18ClN3O4S/c1-13(2)29(26,27)16-10-7-15(8-11-16)19-23-24-20(28-19)22-18(25)12-9-14-5-3-4-6-17(14)21/h3-13H,1-2H3,(H,22,24,25)/b12-9+. The Balaban J connectivity index is 1.69. The molecule has 1 N–H and O–H groups in total. The van der Waals surface area contributed by atoms with E-state index in [1.165, 1.54) is 18.2 Å². The van der Waals surface area contributed by atoms with Crippen LogP contribution in [0.15, 0.2) is 63.9 Å². The van der Waals surface area contributed by atoms with E-state index in [9.17, 15) is 13.2 Å². The molecule has 0 aliphatic heterocycles. The van der Waals surface area contributed by atoms with E-state index in [0.29, 0.717) is 16.1 Å². The predicted octanol–water partition coefficient (Wildman–Crippen LogP) is 4.22. The van der Waals surface area contributed by atoms with Gasteiger partial charge in [0.15, 0.2) is 9.84 Å². The highest BCUT2D eigenvalue weighted by Crippen LogP contribution is 2.23. The molecular weight excluding hydrogens is 414 g/mol. The summed E-state index contributed by atoms with van der Waals surface area (Å²) in [4.78, 5) is 12.2. The highest BCUT2D eigenvalue weighted by atomic mass is 35.5. The van der Waals surface area contributed by atoms with Crippen molar-refractivity contribution < 1.29 is 17.6 Å². The van der Waals surface area contributed by atoms with Gasteiger partial charge in [0.2, 0.25) is 5.89 Å². The number of halogens is 1. The first-order chi connectivity index (χ1) is 13.8. The van der Waals surface area contributed by atoms with E-state index in [0.717, 1.165) is 0 Å². The van der Waals surface area contributed by atoms with Gasteiger partial charge in [-0.2, -0.15) is 0 Å². The van der Waals surface area contributed by atoms with Crippen LogP contribution in [-0.2, 0) is 14.6 Å². The number of anilines is 1. The number of hydrogen-bond acceptors (Lipinski definition) is 6. The van der Waals surface area contributed by atoms with Crippen LogP contribution in [0.5, 0.6) is 0 Å². The van der Waals surface area contributed by atoms with Crippen molar-refractivity contribution in [1.82, 2.24) is 10.2 Å². The van der Waals surface area contributed by atoms with Crippen LogP contribution >= 0.6 is 11.6 Å². The first-order valence-corrected chi connectivity index (χ1v) is 10.6. The molecule has 150 valence electrons. The summed E-state index contributed by atoms with van der Waals surface area (Å²) in [6, 6.07) is 13.2. The molecule has 3 aromatic rings. The van der Waals surface area contributed by atoms with Gasteiger partial charge in [0, 0.05) is 16.7 Å². The third kappa shape index (κ3) is 4.90. The fourth-order valence-corrected chi connectivity index (χ4v) is 3.63. The molecule has 0 saturated heterocycles. The molecule has 0 bridgehead atoms. The number of rotatable bonds is 6. The zero-order chi connectivity index (χ0) is 21.0. The maximum Gasteiger partial charge on any atom is 0.322 e. The van der Waals surface area contributed by atoms with Gasteiger partial charge in [0.25, 0.3) is 5.91 Å². The van der Waals surface area contributed by atoms with E-state index in [1.54, 1.807) is 50.3 Å². The van der Waals surface area contributed by atoms with E-state index >= 15 is 0 Å². The summed E-state index contributed by atoms with van der Waals surface area (Å²) in [7, 11) is -3.36. The number of nitrogens with zero attached hydrogens (tertiary/aromatic N) is 2. The Morgan fingerprint density at radius 2 is 1.79 bits per heavy atom. The number of carbonyl (C=O) groups excluding carboxylic acids is 1. The zero-order valence-electron chi connectivity index (χ0n) is 15.7. The summed E-state index contributed by atoms with van der Waals surface area (Å²) < 4.78 is 29.8. The summed E-state index contributed by atoms with van der Waals surface area (Å²) in [5, 5.41) is 10.1. The Morgan fingerprint density at radius 3 is 2.45 bits per heavy atom. The number of carbonyl (C=O) groups is 1. The lowest BCUT2D eigenvalue weighted by Crippen LogP contribution is -2.13. The summed E-state index contributed by atoms with van der Waals surface area (Å²) in [5.41, 5.74) is 1.24. The van der Waals surface area contributed by atoms with E-state index in [2.05, 4.69) is 15.5 Å². The Morgan fingerprint density at radius 1 is 1.10 bits per heavy atom. The normalized spacial score (nSPS) is 11.9. The number of amides is 1. The Kier molecular flexibility index (Phi) is 6.14. The molecule has 1 heterocycles. The molecule has 3 rings (SSSR count). The molecule has 0 unspecified atom stereocenters. The third-order valence-electron chi connectivity index (χ3n) is 4.03. The molecule has 29 heavy (non-hydrogen) atoms. The van der Waals surface area contributed by atoms with Crippen molar-refractivity contribution in [2.24, 2.45) is 0 Å². The van der Waals surface area contributed by atoms with Crippen LogP contribution in [0.3, 0.4) is 0 Å². The average Bonchev–Trinajstić information content (AvgIpc) is 3.15. The Labute approximate surface area is 173 Å². The highest BCUT2D eigenvalue weighted by Gasteiger charge is 2.19. The van der Waals surface area contributed by atoms with Crippen LogP contribution in [-0.4, -0.2) is 29.8 Å². The van der Waals surface area contributed by atoms with Crippen molar-refractivity contribution in [2.45, 2.75) is 24.0 Å². The van der Waals surface area contributed by atoms with Gasteiger partial charge < -0.3 is 4.42 Å². The van der Waals surface area contributed by atoms with Crippen molar-refractivity contribution in [2.75, 3.05) is 5.32 Å². The van der Waals surface area contributed by atoms with Gasteiger partial charge in [-0.15, -0.1) is 5.10 Å². The van der Waals surface area contributed by atoms with Crippen molar-refractivity contribution in [1.29, 1.82) is 0 Å². The van der Waals surface area contributed by atoms with Gasteiger partial charge in [-0.25, -0.2) is 8.42 Å². The average molecular weight is 432 g/mol. The van der Waals surface area contributed by atoms with Crippen LogP contribution in [0.4, 0.5) is 6.01 Å². The maximum atomic E-state index is 12.2. The smallest absolute Gasteiger partial charge is 0.322 e. The van der Waals surface area contributed by atoms with E-state index in [-0.39, 0.29) is 16.8 Å². The van der Waals surface area contributed by atoms with E-state index in [1.807, 2.05) is 6.07 Å². The second-order valence-corrected chi connectivity index (χ2v) is 9.29. The van der Waals surface area contributed by atoms with Crippen LogP contribution in [0, 0.1) is 0 Å². The van der Waals surface area contributed by atoms with Gasteiger partial charge in [-0.05, 0) is 55.8 Å². The first-order valence-electron chi connectivity index (χ1n) is 8.69. The molecule has 0 radical (unpaired) electrons. The molecule has 7 nitrogen and oxygen atoms in total. The fourth-order valence-electron chi connectivity index (χ4n) is 2.37. The molecule has 1 amide bonds. The molecular formula is C20H18ClN3O4S. The van der Waals surface area contributed by atoms with Gasteiger partial charge in [0.05, 0.1) is 10.1 Å². The molecule has 0 saturated carbocycles. The first kappa shape index (κ1) is 20.8. The number of aromatic nitrogens is 2. The zero-order valence-corrected chi connectivity index (χ0v) is 17.2. The molecule has 1 aromatic heterocycles. The molecule has 0 atom stereocenters. The van der Waals surface area contributed by atoms with Gasteiger partial charge in [0.1, 0.15) is 0 Å². The predicted molar refractivity (Wildman–Crippen MR) is 111 cm³/mol. The minimum Gasteiger partial charge on any atom is -0.403 e. The SMILES string of the molecule is CC(C)S(=O)(=O)c1ccc(-c2nnc(NC(=O)/C=C/c3ccccc3Cl)o2)cc1. The topological polar surface area (TPSA) is 102 Å². The second kappa shape index (κ2) is 8.59. The molecule has 0 spiro atoms. The second-order valence-electron chi connectivity index (χ2n) is 6.37. The minimum absolute atomic E-state index is 0.0762. The molecule has 9 heteroatoms. The van der Waals surface area contributed by atoms with Crippen LogP contribution < -0.4 is 5.32 Å². The summed E-state index contributed by atoms with van der Waals surface area (Å²) >= 11 is 6.03. The lowest BCUT2D eigenvalue weighted by molar-refractivity contribution is -0.112. The van der Waals surface area contributed by atoms with Crippen molar-refractivity contribution >= 4 is 39.4 Å². The highest BCUT2D eigenvalue weighted by molar-refractivity contribution is 7.92. The largest absolute Gasteiger partial charge is 0.403 e. The Bertz CT molecular complexity index is 1150. The van der Waals surface area contributed by atoms with E-state index < -0.39 is 21.0 Å². The molecule has 0 aliphatic rings. The number of hydrogen-bond donors (Lipinski definition) is 1. The van der Waals surface area contributed by atoms with Crippen LogP contribution in [0.2, 0.25) is 5.02 Å². The summed E-state index contributed by atoms with van der Waals surface area (Å²) in [6.07, 6.45) is 2.87. The molecule has 2 aromatic carbocycles. The lowest BCUT2D eigenvalue weighted by Gasteiger charge is -2.07. The minimum atomic E-state index is -3.36. The van der Waals surface area contributed by atoms with Crippen molar-refractivity contribution in [3.8, 4) is 11.5 Å². The van der Waals surface area contributed by atoms with Crippen molar-refractivity contribution in [3.63, 3.8) is 0 Å². The summed E-state index contributed by atoms with van der Waals surface area (Å²) in [6.45, 7) is 3.24. The van der Waals surface area contributed by atoms with Crippen LogP contribution in [0.1, 0.15) is 19.4 Å². The summed E-state index contributed by atoms with van der Waals surface area (Å²) in [5.74, 6) is -0.303. The van der Waals surface area contributed by atoms with Gasteiger partial charge in [-0.1, -0.05) is 34.9 Å². The monoisotopic (exact) mass is 431 g/mol. The van der Waals surface area contributed by atoms with Crippen molar-refractivity contribution in [3.05, 3.63) is 65.2 Å².